The molecular weight excluding hydrogens is 541 g/mol. The summed E-state index contributed by atoms with van der Waals surface area (Å²) in [5.41, 5.74) is 0. The summed E-state index contributed by atoms with van der Waals surface area (Å²) in [6.45, 7) is 5.09. The Hall–Kier alpha value is -1.99. The Kier molecular flexibility index (Phi) is 22.4. The Labute approximate surface area is 255 Å². The van der Waals surface area contributed by atoms with Crippen molar-refractivity contribution in [3.05, 3.63) is 0 Å². The van der Waals surface area contributed by atoms with Gasteiger partial charge in [0.05, 0.1) is 24.4 Å². The maximum atomic E-state index is 12.5. The summed E-state index contributed by atoms with van der Waals surface area (Å²) >= 11 is 4.28. The van der Waals surface area contributed by atoms with Crippen molar-refractivity contribution in [2.75, 3.05) is 45.8 Å². The van der Waals surface area contributed by atoms with E-state index in [0.717, 1.165) is 43.2 Å². The van der Waals surface area contributed by atoms with Gasteiger partial charge in [0.1, 0.15) is 5.78 Å². The maximum absolute atomic E-state index is 12.5. The van der Waals surface area contributed by atoms with E-state index < -0.39 is 4.75 Å². The number of hydrogen-bond acceptors (Lipinski definition) is 8. The average Bonchev–Trinajstić information content (AvgIpc) is 2.88. The molecule has 0 aliphatic rings. The van der Waals surface area contributed by atoms with Crippen molar-refractivity contribution in [1.82, 2.24) is 30.8 Å². The lowest BCUT2D eigenvalue weighted by Gasteiger charge is -2.21. The number of carbonyl (C=O) groups is 5. The third-order valence-corrected chi connectivity index (χ3v) is 6.42. The number of rotatable bonds is 25. The molecule has 0 saturated carbocycles. The second-order valence-corrected chi connectivity index (χ2v) is 11.8. The number of hydrogen-bond donors (Lipinski definition) is 5. The predicted molar refractivity (Wildman–Crippen MR) is 166 cm³/mol. The summed E-state index contributed by atoms with van der Waals surface area (Å²) in [7, 11) is 15.8. The molecule has 6 radical (unpaired) electrons. The third-order valence-electron chi connectivity index (χ3n) is 6.17. The summed E-state index contributed by atoms with van der Waals surface area (Å²) in [5.74, 6) is -1.07. The number of amides is 4. The van der Waals surface area contributed by atoms with Gasteiger partial charge in [-0.25, -0.2) is 0 Å². The van der Waals surface area contributed by atoms with Crippen molar-refractivity contribution >= 4 is 66.0 Å². The van der Waals surface area contributed by atoms with Crippen molar-refractivity contribution in [3.63, 3.8) is 0 Å². The highest BCUT2D eigenvalue weighted by Crippen LogP contribution is 2.17. The van der Waals surface area contributed by atoms with Crippen LogP contribution in [0.15, 0.2) is 0 Å². The van der Waals surface area contributed by atoms with Crippen LogP contribution in [-0.2, 0) is 24.0 Å². The number of carbonyl (C=O) groups excluding carboxylic acids is 5. The van der Waals surface area contributed by atoms with E-state index in [1.54, 1.807) is 13.8 Å². The number of nitrogens with one attached hydrogen (secondary N) is 4. The van der Waals surface area contributed by atoms with Gasteiger partial charge in [-0.1, -0.05) is 19.3 Å². The smallest absolute Gasteiger partial charge is 0.234 e. The highest BCUT2D eigenvalue weighted by atomic mass is 32.1. The Morgan fingerprint density at radius 1 is 0.634 bits per heavy atom. The second kappa shape index (κ2) is 23.6. The van der Waals surface area contributed by atoms with Gasteiger partial charge in [-0.05, 0) is 58.9 Å². The van der Waals surface area contributed by atoms with Crippen LogP contribution in [0.4, 0.5) is 0 Å². The van der Waals surface area contributed by atoms with E-state index in [1.165, 1.54) is 4.90 Å². The number of thiol groups is 1. The Morgan fingerprint density at radius 2 is 1.05 bits per heavy atom. The minimum atomic E-state index is -0.644. The van der Waals surface area contributed by atoms with Crippen molar-refractivity contribution in [1.29, 1.82) is 0 Å². The van der Waals surface area contributed by atoms with Crippen LogP contribution in [0.2, 0.25) is 0 Å². The van der Waals surface area contributed by atoms with E-state index in [0.29, 0.717) is 51.9 Å². The number of ketones is 1. The minimum Gasteiger partial charge on any atom is -0.409 e. The molecule has 0 aliphatic heterocycles. The number of unbranched alkanes of at least 4 members (excludes halogenated alkanes) is 6. The molecular formula is C26H47B3N6O5S. The van der Waals surface area contributed by atoms with Gasteiger partial charge in [-0.15, -0.1) is 0 Å². The fourth-order valence-electron chi connectivity index (χ4n) is 3.78. The van der Waals surface area contributed by atoms with Crippen LogP contribution < -0.4 is 21.2 Å². The standard InChI is InChI=1S/C26H47B3N6O5S/c1-26(2,41)21(36)12-6-5-9-15-31-24(39)19-34(20-25(40)32-16-10-7-13-22(37)33-27)18-23(38)30-14-8-3-4-11-17-35(28)29/h41H,3-20H2,1-2H3,(H,30,38)(H,31,39)(H,32,40)(H,33,37). The molecule has 11 nitrogen and oxygen atoms in total. The van der Waals surface area contributed by atoms with Gasteiger partial charge in [0.25, 0.3) is 0 Å². The summed E-state index contributed by atoms with van der Waals surface area (Å²) in [6, 6.07) is 0. The van der Waals surface area contributed by atoms with Crippen LogP contribution in [0.3, 0.4) is 0 Å². The molecule has 15 heteroatoms. The quantitative estimate of drug-likeness (QED) is 0.0570. The van der Waals surface area contributed by atoms with E-state index >= 15 is 0 Å². The van der Waals surface area contributed by atoms with Gasteiger partial charge in [0.15, 0.2) is 16.0 Å². The molecule has 0 unspecified atom stereocenters. The van der Waals surface area contributed by atoms with Crippen LogP contribution >= 0.6 is 12.6 Å². The molecule has 226 valence electrons. The first-order valence-electron chi connectivity index (χ1n) is 14.4. The molecule has 41 heavy (non-hydrogen) atoms. The van der Waals surface area contributed by atoms with Gasteiger partial charge in [0.2, 0.25) is 31.6 Å². The fourth-order valence-corrected chi connectivity index (χ4v) is 3.89. The molecule has 4 amide bonds. The zero-order valence-corrected chi connectivity index (χ0v) is 25.7. The molecule has 4 N–H and O–H groups in total. The van der Waals surface area contributed by atoms with Gasteiger partial charge in [-0.3, -0.25) is 28.9 Å². The summed E-state index contributed by atoms with van der Waals surface area (Å²) in [6.07, 6.45) is 7.60. The first-order chi connectivity index (χ1) is 19.3. The monoisotopic (exact) mass is 588 g/mol. The lowest BCUT2D eigenvalue weighted by Crippen LogP contribution is -2.47. The van der Waals surface area contributed by atoms with Crippen molar-refractivity contribution in [2.45, 2.75) is 89.2 Å². The normalized spacial score (nSPS) is 11.3. The topological polar surface area (TPSA) is 140 Å². The zero-order valence-electron chi connectivity index (χ0n) is 24.8. The van der Waals surface area contributed by atoms with E-state index in [4.69, 9.17) is 23.9 Å². The highest BCUT2D eigenvalue weighted by molar-refractivity contribution is 7.82. The van der Waals surface area contributed by atoms with E-state index in [2.05, 4.69) is 33.8 Å². The lowest BCUT2D eigenvalue weighted by atomic mass is 10.0. The van der Waals surface area contributed by atoms with Crippen LogP contribution in [0.5, 0.6) is 0 Å². The first kappa shape index (κ1) is 39.0. The first-order valence-corrected chi connectivity index (χ1v) is 14.8. The zero-order chi connectivity index (χ0) is 31.1. The molecule has 0 atom stereocenters. The molecule has 0 fully saturated rings. The Bertz CT molecular complexity index is 802. The number of Topliss-reactive ketones (excluding diaryl/α,β-unsaturated/α-hetero) is 1. The van der Waals surface area contributed by atoms with E-state index in [9.17, 15) is 24.0 Å². The Balaban J connectivity index is 4.56. The van der Waals surface area contributed by atoms with E-state index in [1.807, 2.05) is 0 Å². The fraction of sp³-hybridized carbons (Fsp3) is 0.808. The van der Waals surface area contributed by atoms with E-state index in [-0.39, 0.29) is 55.5 Å². The van der Waals surface area contributed by atoms with Crippen LogP contribution in [0.25, 0.3) is 0 Å². The van der Waals surface area contributed by atoms with Crippen LogP contribution in [-0.4, -0.2) is 114 Å². The summed E-state index contributed by atoms with van der Waals surface area (Å²) in [5, 5.41) is 10.5. The molecule has 0 aromatic carbocycles. The second-order valence-electron chi connectivity index (χ2n) is 10.7. The lowest BCUT2D eigenvalue weighted by molar-refractivity contribution is -0.128. The molecule has 0 aromatic heterocycles. The third kappa shape index (κ3) is 24.3. The number of nitrogens with zero attached hydrogens (tertiary/aromatic N) is 2. The summed E-state index contributed by atoms with van der Waals surface area (Å²) in [4.78, 5) is 62.1. The molecule has 0 spiro atoms. The molecule has 0 bridgehead atoms. The van der Waals surface area contributed by atoms with Gasteiger partial charge in [-0.2, -0.15) is 12.6 Å². The van der Waals surface area contributed by atoms with Crippen molar-refractivity contribution in [2.24, 2.45) is 0 Å². The minimum absolute atomic E-state index is 0.0904. The Morgan fingerprint density at radius 3 is 1.49 bits per heavy atom. The summed E-state index contributed by atoms with van der Waals surface area (Å²) < 4.78 is 0.506. The molecule has 0 aromatic rings. The van der Waals surface area contributed by atoms with Crippen molar-refractivity contribution in [3.8, 4) is 0 Å². The molecule has 0 rings (SSSR count). The van der Waals surface area contributed by atoms with Crippen molar-refractivity contribution < 1.29 is 24.0 Å². The van der Waals surface area contributed by atoms with Gasteiger partial charge >= 0.3 is 0 Å². The highest BCUT2D eigenvalue weighted by Gasteiger charge is 2.21. The largest absolute Gasteiger partial charge is 0.409 e. The molecule has 0 saturated heterocycles. The average molecular weight is 588 g/mol. The predicted octanol–water partition coefficient (Wildman–Crippen LogP) is -0.126. The molecule has 0 heterocycles. The van der Waals surface area contributed by atoms with Gasteiger partial charge < -0.3 is 25.9 Å². The SMILES string of the molecule is [B]NC(=O)CCCCNC(=O)CN(CC(=O)NCCCCCCN([B])[B])CC(=O)NCCCCCC(=O)C(C)(C)S. The van der Waals surface area contributed by atoms with Gasteiger partial charge in [0, 0.05) is 32.5 Å². The maximum Gasteiger partial charge on any atom is 0.234 e. The van der Waals surface area contributed by atoms with Crippen LogP contribution in [0.1, 0.15) is 84.5 Å². The van der Waals surface area contributed by atoms with Crippen LogP contribution in [0, 0.1) is 0 Å². The molecule has 0 aliphatic carbocycles.